The molecule has 3 heterocycles. The van der Waals surface area contributed by atoms with Crippen LogP contribution >= 0.6 is 0 Å². The summed E-state index contributed by atoms with van der Waals surface area (Å²) in [6.07, 6.45) is 6.23. The standard InChI is InChI=1S/C20H26N6O/c1-24(11-12-25-10-8-17-6-2-3-7-19(17)25)20(27)18-15-26(23-22-18)14-16-5-4-9-21-13-16/h2-3,6-8,10,15-16,21H,4-5,9,11-14H2,1H3. The van der Waals surface area contributed by atoms with Crippen molar-refractivity contribution in [2.45, 2.75) is 25.9 Å². The Labute approximate surface area is 158 Å². The third kappa shape index (κ3) is 4.03. The summed E-state index contributed by atoms with van der Waals surface area (Å²) in [5.74, 6) is 0.475. The van der Waals surface area contributed by atoms with Crippen molar-refractivity contribution in [2.75, 3.05) is 26.7 Å². The van der Waals surface area contributed by atoms with Crippen LogP contribution in [-0.4, -0.2) is 57.1 Å². The second-order valence-corrected chi connectivity index (χ2v) is 7.33. The van der Waals surface area contributed by atoms with Crippen LogP contribution in [0.5, 0.6) is 0 Å². The molecular weight excluding hydrogens is 340 g/mol. The predicted octanol–water partition coefficient (Wildman–Crippen LogP) is 2.00. The molecule has 1 N–H and O–H groups in total. The van der Waals surface area contributed by atoms with Crippen molar-refractivity contribution in [3.05, 3.63) is 48.4 Å². The van der Waals surface area contributed by atoms with E-state index in [1.165, 1.54) is 23.7 Å². The highest BCUT2D eigenvalue weighted by Crippen LogP contribution is 2.15. The van der Waals surface area contributed by atoms with Crippen LogP contribution in [0, 0.1) is 5.92 Å². The van der Waals surface area contributed by atoms with Gasteiger partial charge in [-0.25, -0.2) is 0 Å². The number of fused-ring (bicyclic) bond motifs is 1. The number of hydrogen-bond acceptors (Lipinski definition) is 4. The zero-order valence-corrected chi connectivity index (χ0v) is 15.7. The number of para-hydroxylation sites is 1. The lowest BCUT2D eigenvalue weighted by atomic mass is 10.00. The van der Waals surface area contributed by atoms with Crippen LogP contribution in [0.1, 0.15) is 23.3 Å². The lowest BCUT2D eigenvalue weighted by Gasteiger charge is -2.22. The maximum absolute atomic E-state index is 12.7. The highest BCUT2D eigenvalue weighted by molar-refractivity contribution is 5.91. The van der Waals surface area contributed by atoms with Gasteiger partial charge < -0.3 is 14.8 Å². The van der Waals surface area contributed by atoms with Gasteiger partial charge in [0.15, 0.2) is 5.69 Å². The molecule has 4 rings (SSSR count). The van der Waals surface area contributed by atoms with Gasteiger partial charge in [-0.05, 0) is 49.4 Å². The molecule has 7 nitrogen and oxygen atoms in total. The van der Waals surface area contributed by atoms with Crippen LogP contribution in [0.4, 0.5) is 0 Å². The fourth-order valence-electron chi connectivity index (χ4n) is 3.72. The van der Waals surface area contributed by atoms with Crippen molar-refractivity contribution in [1.82, 2.24) is 29.8 Å². The van der Waals surface area contributed by atoms with Gasteiger partial charge in [0.2, 0.25) is 0 Å². The molecular formula is C20H26N6O. The Balaban J connectivity index is 1.34. The van der Waals surface area contributed by atoms with E-state index in [2.05, 4.69) is 44.6 Å². The van der Waals surface area contributed by atoms with Crippen molar-refractivity contribution in [2.24, 2.45) is 5.92 Å². The summed E-state index contributed by atoms with van der Waals surface area (Å²) >= 11 is 0. The fraction of sp³-hybridized carbons (Fsp3) is 0.450. The van der Waals surface area contributed by atoms with Gasteiger partial charge in [0, 0.05) is 38.4 Å². The summed E-state index contributed by atoms with van der Waals surface area (Å²) in [6, 6.07) is 10.4. The Morgan fingerprint density at radius 1 is 1.33 bits per heavy atom. The second kappa shape index (κ2) is 7.92. The van der Waals surface area contributed by atoms with Gasteiger partial charge in [0.25, 0.3) is 5.91 Å². The van der Waals surface area contributed by atoms with Gasteiger partial charge in [-0.3, -0.25) is 9.48 Å². The fourth-order valence-corrected chi connectivity index (χ4v) is 3.72. The number of amides is 1. The average Bonchev–Trinajstić information content (AvgIpc) is 3.33. The number of carbonyl (C=O) groups excluding carboxylic acids is 1. The molecule has 0 spiro atoms. The smallest absolute Gasteiger partial charge is 0.275 e. The molecule has 0 radical (unpaired) electrons. The van der Waals surface area contributed by atoms with Gasteiger partial charge >= 0.3 is 0 Å². The minimum absolute atomic E-state index is 0.0838. The highest BCUT2D eigenvalue weighted by Gasteiger charge is 2.18. The Hall–Kier alpha value is -2.67. The molecule has 7 heteroatoms. The number of piperidine rings is 1. The number of nitrogens with one attached hydrogen (secondary N) is 1. The molecule has 1 aliphatic rings. The Bertz CT molecular complexity index is 908. The summed E-state index contributed by atoms with van der Waals surface area (Å²) in [6.45, 7) is 4.29. The minimum atomic E-state index is -0.0838. The molecule has 142 valence electrons. The molecule has 1 aliphatic heterocycles. The molecule has 0 bridgehead atoms. The molecule has 3 aromatic rings. The Morgan fingerprint density at radius 3 is 3.07 bits per heavy atom. The lowest BCUT2D eigenvalue weighted by molar-refractivity contribution is 0.0785. The highest BCUT2D eigenvalue weighted by atomic mass is 16.2. The van der Waals surface area contributed by atoms with Crippen LogP contribution in [0.2, 0.25) is 0 Å². The number of carbonyl (C=O) groups is 1. The van der Waals surface area contributed by atoms with Crippen LogP contribution in [0.3, 0.4) is 0 Å². The van der Waals surface area contributed by atoms with E-state index >= 15 is 0 Å². The molecule has 2 aromatic heterocycles. The third-order valence-electron chi connectivity index (χ3n) is 5.31. The SMILES string of the molecule is CN(CCn1ccc2ccccc21)C(=O)c1cn(CC2CCCNC2)nn1. The third-order valence-corrected chi connectivity index (χ3v) is 5.31. The summed E-state index contributed by atoms with van der Waals surface area (Å²) in [5, 5.41) is 12.9. The van der Waals surface area contributed by atoms with E-state index in [-0.39, 0.29) is 5.91 Å². The van der Waals surface area contributed by atoms with E-state index in [0.717, 1.165) is 26.2 Å². The van der Waals surface area contributed by atoms with E-state index in [0.29, 0.717) is 18.2 Å². The molecule has 27 heavy (non-hydrogen) atoms. The van der Waals surface area contributed by atoms with Gasteiger partial charge in [0.1, 0.15) is 0 Å². The predicted molar refractivity (Wildman–Crippen MR) is 105 cm³/mol. The van der Waals surface area contributed by atoms with Crippen LogP contribution < -0.4 is 5.32 Å². The number of benzene rings is 1. The summed E-state index contributed by atoms with van der Waals surface area (Å²) < 4.78 is 3.98. The van der Waals surface area contributed by atoms with Crippen LogP contribution in [-0.2, 0) is 13.1 Å². The molecule has 0 saturated carbocycles. The first-order valence-electron chi connectivity index (χ1n) is 9.61. The quantitative estimate of drug-likeness (QED) is 0.725. The molecule has 1 unspecified atom stereocenters. The molecule has 1 fully saturated rings. The maximum atomic E-state index is 12.7. The summed E-state index contributed by atoms with van der Waals surface area (Å²) in [5.41, 5.74) is 1.60. The van der Waals surface area contributed by atoms with E-state index in [9.17, 15) is 4.79 Å². The van der Waals surface area contributed by atoms with Crippen LogP contribution in [0.15, 0.2) is 42.7 Å². The second-order valence-electron chi connectivity index (χ2n) is 7.33. The number of nitrogens with zero attached hydrogens (tertiary/aromatic N) is 5. The number of hydrogen-bond donors (Lipinski definition) is 1. The lowest BCUT2D eigenvalue weighted by Crippen LogP contribution is -2.32. The number of aromatic nitrogens is 4. The van der Waals surface area contributed by atoms with E-state index in [1.54, 1.807) is 15.8 Å². The maximum Gasteiger partial charge on any atom is 0.275 e. The zero-order valence-electron chi connectivity index (χ0n) is 15.7. The number of likely N-dealkylation sites (N-methyl/N-ethyl adjacent to an activating group) is 1. The van der Waals surface area contributed by atoms with Gasteiger partial charge in [-0.2, -0.15) is 0 Å². The first-order valence-corrected chi connectivity index (χ1v) is 9.61. The van der Waals surface area contributed by atoms with Crippen molar-refractivity contribution >= 4 is 16.8 Å². The van der Waals surface area contributed by atoms with Crippen molar-refractivity contribution in [3.8, 4) is 0 Å². The Kier molecular flexibility index (Phi) is 5.20. The molecule has 1 saturated heterocycles. The van der Waals surface area contributed by atoms with E-state index < -0.39 is 0 Å². The minimum Gasteiger partial charge on any atom is -0.346 e. The first kappa shape index (κ1) is 17.7. The molecule has 1 atom stereocenters. The van der Waals surface area contributed by atoms with Crippen molar-refractivity contribution < 1.29 is 4.79 Å². The largest absolute Gasteiger partial charge is 0.346 e. The van der Waals surface area contributed by atoms with Crippen LogP contribution in [0.25, 0.3) is 10.9 Å². The number of rotatable bonds is 6. The normalized spacial score (nSPS) is 17.3. The zero-order chi connectivity index (χ0) is 18.6. The molecule has 0 aliphatic carbocycles. The van der Waals surface area contributed by atoms with E-state index in [4.69, 9.17) is 0 Å². The van der Waals surface area contributed by atoms with Gasteiger partial charge in [-0.1, -0.05) is 23.4 Å². The van der Waals surface area contributed by atoms with Crippen molar-refractivity contribution in [1.29, 1.82) is 0 Å². The van der Waals surface area contributed by atoms with Crippen molar-refractivity contribution in [3.63, 3.8) is 0 Å². The summed E-state index contributed by atoms with van der Waals surface area (Å²) in [7, 11) is 1.82. The monoisotopic (exact) mass is 366 g/mol. The van der Waals surface area contributed by atoms with Gasteiger partial charge in [-0.15, -0.1) is 5.10 Å². The topological polar surface area (TPSA) is 68.0 Å². The first-order chi connectivity index (χ1) is 13.2. The Morgan fingerprint density at radius 2 is 2.22 bits per heavy atom. The van der Waals surface area contributed by atoms with Gasteiger partial charge in [0.05, 0.1) is 6.20 Å². The average molecular weight is 366 g/mol. The summed E-state index contributed by atoms with van der Waals surface area (Å²) in [4.78, 5) is 14.4. The molecule has 1 aromatic carbocycles. The van der Waals surface area contributed by atoms with E-state index in [1.807, 2.05) is 19.2 Å². The molecule has 1 amide bonds.